The van der Waals surface area contributed by atoms with E-state index >= 15 is 0 Å². The second kappa shape index (κ2) is 5.10. The molecular weight excluding hydrogens is 230 g/mol. The van der Waals surface area contributed by atoms with Crippen molar-refractivity contribution in [3.8, 4) is 5.88 Å². The monoisotopic (exact) mass is 249 g/mol. The topological polar surface area (TPSA) is 70.3 Å². The minimum Gasteiger partial charge on any atom is -0.477 e. The van der Waals surface area contributed by atoms with Gasteiger partial charge in [0.15, 0.2) is 0 Å². The zero-order chi connectivity index (χ0) is 12.4. The highest BCUT2D eigenvalue weighted by atomic mass is 16.5. The average molecular weight is 249 g/mol. The van der Waals surface area contributed by atoms with Crippen molar-refractivity contribution in [1.82, 2.24) is 9.97 Å². The largest absolute Gasteiger partial charge is 0.477 e. The molecule has 1 saturated carbocycles. The van der Waals surface area contributed by atoms with Crippen molar-refractivity contribution >= 4 is 5.82 Å². The highest BCUT2D eigenvalue weighted by molar-refractivity contribution is 5.34. The Morgan fingerprint density at radius 2 is 2.00 bits per heavy atom. The van der Waals surface area contributed by atoms with Crippen molar-refractivity contribution in [3.05, 3.63) is 11.9 Å². The number of rotatable bonds is 4. The van der Waals surface area contributed by atoms with Crippen LogP contribution in [-0.2, 0) is 4.74 Å². The van der Waals surface area contributed by atoms with E-state index in [1.165, 1.54) is 12.8 Å². The van der Waals surface area contributed by atoms with E-state index in [0.717, 1.165) is 31.9 Å². The van der Waals surface area contributed by atoms with Gasteiger partial charge < -0.3 is 15.2 Å². The molecule has 2 N–H and O–H groups in total. The molecule has 98 valence electrons. The molecule has 18 heavy (non-hydrogen) atoms. The Morgan fingerprint density at radius 3 is 2.72 bits per heavy atom. The molecule has 5 heteroatoms. The van der Waals surface area contributed by atoms with Gasteiger partial charge in [-0.1, -0.05) is 0 Å². The van der Waals surface area contributed by atoms with Crippen LogP contribution in [0.5, 0.6) is 5.88 Å². The molecular formula is C13H19N3O2. The van der Waals surface area contributed by atoms with Gasteiger partial charge in [-0.05, 0) is 31.6 Å². The van der Waals surface area contributed by atoms with Gasteiger partial charge in [0, 0.05) is 25.2 Å². The molecule has 1 aliphatic carbocycles. The van der Waals surface area contributed by atoms with Crippen LogP contribution in [0.15, 0.2) is 6.07 Å². The summed E-state index contributed by atoms with van der Waals surface area (Å²) in [7, 11) is 0. The summed E-state index contributed by atoms with van der Waals surface area (Å²) in [6.45, 7) is 2.38. The van der Waals surface area contributed by atoms with Crippen LogP contribution in [0.25, 0.3) is 0 Å². The Labute approximate surface area is 107 Å². The molecule has 0 unspecified atom stereocenters. The Hall–Kier alpha value is -1.36. The molecule has 1 saturated heterocycles. The fraction of sp³-hybridized carbons (Fsp3) is 0.692. The van der Waals surface area contributed by atoms with Gasteiger partial charge in [-0.25, -0.2) is 4.98 Å². The number of nitrogens with two attached hydrogens (primary N) is 1. The van der Waals surface area contributed by atoms with E-state index in [1.54, 1.807) is 6.07 Å². The molecule has 0 aromatic carbocycles. The van der Waals surface area contributed by atoms with Crippen molar-refractivity contribution < 1.29 is 9.47 Å². The minimum atomic E-state index is 0.499. The Kier molecular flexibility index (Phi) is 3.32. The Balaban J connectivity index is 1.60. The predicted molar refractivity (Wildman–Crippen MR) is 67.5 cm³/mol. The first-order valence-electron chi connectivity index (χ1n) is 6.66. The third kappa shape index (κ3) is 2.90. The van der Waals surface area contributed by atoms with Crippen LogP contribution >= 0.6 is 0 Å². The van der Waals surface area contributed by atoms with Crippen LogP contribution in [0.1, 0.15) is 37.4 Å². The number of nitrogens with zero attached hydrogens (tertiary/aromatic N) is 2. The van der Waals surface area contributed by atoms with Crippen LogP contribution in [0.3, 0.4) is 0 Å². The zero-order valence-electron chi connectivity index (χ0n) is 10.5. The van der Waals surface area contributed by atoms with Gasteiger partial charge >= 0.3 is 0 Å². The summed E-state index contributed by atoms with van der Waals surface area (Å²) in [6, 6.07) is 1.71. The maximum atomic E-state index is 5.78. The number of hydrogen-bond donors (Lipinski definition) is 1. The average Bonchev–Trinajstić information content (AvgIpc) is 3.21. The molecule has 0 spiro atoms. The molecule has 1 aromatic heterocycles. The van der Waals surface area contributed by atoms with Crippen molar-refractivity contribution in [2.45, 2.75) is 31.6 Å². The van der Waals surface area contributed by atoms with E-state index in [9.17, 15) is 0 Å². The second-order valence-corrected chi connectivity index (χ2v) is 5.13. The van der Waals surface area contributed by atoms with E-state index in [1.807, 2.05) is 0 Å². The first-order valence-corrected chi connectivity index (χ1v) is 6.66. The van der Waals surface area contributed by atoms with Gasteiger partial charge in [-0.2, -0.15) is 4.98 Å². The van der Waals surface area contributed by atoms with Crippen LogP contribution in [-0.4, -0.2) is 29.8 Å². The van der Waals surface area contributed by atoms with Gasteiger partial charge in [0.05, 0.1) is 6.61 Å². The molecule has 2 aliphatic rings. The van der Waals surface area contributed by atoms with Gasteiger partial charge in [-0.15, -0.1) is 0 Å². The molecule has 0 atom stereocenters. The summed E-state index contributed by atoms with van der Waals surface area (Å²) < 4.78 is 11.1. The quantitative estimate of drug-likeness (QED) is 0.880. The Bertz CT molecular complexity index is 415. The van der Waals surface area contributed by atoms with Gasteiger partial charge in [0.25, 0.3) is 0 Å². The lowest BCUT2D eigenvalue weighted by atomic mass is 10.0. The third-order valence-corrected chi connectivity index (χ3v) is 3.49. The lowest BCUT2D eigenvalue weighted by molar-refractivity contribution is 0.0490. The van der Waals surface area contributed by atoms with Crippen LogP contribution in [0.2, 0.25) is 0 Å². The molecule has 1 aromatic rings. The van der Waals surface area contributed by atoms with E-state index in [2.05, 4.69) is 9.97 Å². The zero-order valence-corrected chi connectivity index (χ0v) is 10.5. The lowest BCUT2D eigenvalue weighted by Crippen LogP contribution is -2.21. The summed E-state index contributed by atoms with van der Waals surface area (Å²) in [5.74, 6) is 3.04. The molecule has 1 aliphatic heterocycles. The molecule has 0 bridgehead atoms. The maximum absolute atomic E-state index is 5.78. The van der Waals surface area contributed by atoms with Crippen molar-refractivity contribution in [2.75, 3.05) is 25.6 Å². The van der Waals surface area contributed by atoms with Crippen LogP contribution in [0, 0.1) is 5.92 Å². The first-order chi connectivity index (χ1) is 8.81. The van der Waals surface area contributed by atoms with Gasteiger partial charge in [0.2, 0.25) is 5.88 Å². The Morgan fingerprint density at radius 1 is 1.22 bits per heavy atom. The SMILES string of the molecule is Nc1cc(OCC2CCOCC2)nc(C2CC2)n1. The fourth-order valence-electron chi connectivity index (χ4n) is 2.18. The van der Waals surface area contributed by atoms with E-state index < -0.39 is 0 Å². The first kappa shape index (κ1) is 11.7. The second-order valence-electron chi connectivity index (χ2n) is 5.13. The molecule has 2 heterocycles. The van der Waals surface area contributed by atoms with Gasteiger partial charge in [0.1, 0.15) is 11.6 Å². The van der Waals surface area contributed by atoms with E-state index in [-0.39, 0.29) is 0 Å². The molecule has 0 amide bonds. The van der Waals surface area contributed by atoms with Crippen LogP contribution < -0.4 is 10.5 Å². The van der Waals surface area contributed by atoms with Crippen molar-refractivity contribution in [2.24, 2.45) is 5.92 Å². The third-order valence-electron chi connectivity index (χ3n) is 3.49. The standard InChI is InChI=1S/C13H19N3O2/c14-11-7-12(16-13(15-11)10-1-2-10)18-8-9-3-5-17-6-4-9/h7,9-10H,1-6,8H2,(H2,14,15,16). The number of ether oxygens (including phenoxy) is 2. The number of hydrogen-bond acceptors (Lipinski definition) is 5. The summed E-state index contributed by atoms with van der Waals surface area (Å²) in [6.07, 6.45) is 4.47. The lowest BCUT2D eigenvalue weighted by Gasteiger charge is -2.21. The van der Waals surface area contributed by atoms with Gasteiger partial charge in [-0.3, -0.25) is 0 Å². The number of anilines is 1. The molecule has 0 radical (unpaired) electrons. The molecule has 3 rings (SSSR count). The highest BCUT2D eigenvalue weighted by Gasteiger charge is 2.27. The minimum absolute atomic E-state index is 0.499. The van der Waals surface area contributed by atoms with Crippen LogP contribution in [0.4, 0.5) is 5.82 Å². The number of aromatic nitrogens is 2. The predicted octanol–water partition coefficient (Wildman–Crippen LogP) is 1.74. The van der Waals surface area contributed by atoms with E-state index in [0.29, 0.717) is 30.1 Å². The smallest absolute Gasteiger partial charge is 0.218 e. The van der Waals surface area contributed by atoms with E-state index in [4.69, 9.17) is 15.2 Å². The van der Waals surface area contributed by atoms with Crippen molar-refractivity contribution in [3.63, 3.8) is 0 Å². The summed E-state index contributed by atoms with van der Waals surface area (Å²) in [4.78, 5) is 8.69. The molecule has 2 fully saturated rings. The maximum Gasteiger partial charge on any atom is 0.218 e. The fourth-order valence-corrected chi connectivity index (χ4v) is 2.18. The normalized spacial score (nSPS) is 20.9. The summed E-state index contributed by atoms with van der Waals surface area (Å²) >= 11 is 0. The molecule has 5 nitrogen and oxygen atoms in total. The highest BCUT2D eigenvalue weighted by Crippen LogP contribution is 2.38. The summed E-state index contributed by atoms with van der Waals surface area (Å²) in [5, 5.41) is 0. The summed E-state index contributed by atoms with van der Waals surface area (Å²) in [5.41, 5.74) is 5.78. The van der Waals surface area contributed by atoms with Crippen molar-refractivity contribution in [1.29, 1.82) is 0 Å². The number of nitrogen functional groups attached to an aromatic ring is 1.